The lowest BCUT2D eigenvalue weighted by atomic mass is 10.2. The SMILES string of the molecule is CN(C1=NCCN1)c1ccc2c(c1)OCCO2. The fraction of sp³-hybridized carbons (Fsp3) is 0.417. The lowest BCUT2D eigenvalue weighted by molar-refractivity contribution is 0.171. The fourth-order valence-electron chi connectivity index (χ4n) is 1.97. The van der Waals surface area contributed by atoms with Crippen LogP contribution >= 0.6 is 0 Å². The van der Waals surface area contributed by atoms with Crippen LogP contribution in [0.4, 0.5) is 5.69 Å². The van der Waals surface area contributed by atoms with Gasteiger partial charge in [-0.25, -0.2) is 0 Å². The molecule has 0 amide bonds. The van der Waals surface area contributed by atoms with E-state index in [0.717, 1.165) is 36.2 Å². The van der Waals surface area contributed by atoms with Crippen LogP contribution in [0.3, 0.4) is 0 Å². The van der Waals surface area contributed by atoms with E-state index in [1.165, 1.54) is 0 Å². The fourth-order valence-corrected chi connectivity index (χ4v) is 1.97. The Kier molecular flexibility index (Phi) is 2.51. The van der Waals surface area contributed by atoms with Crippen molar-refractivity contribution in [3.63, 3.8) is 0 Å². The van der Waals surface area contributed by atoms with Crippen molar-refractivity contribution in [2.24, 2.45) is 4.99 Å². The lowest BCUT2D eigenvalue weighted by Gasteiger charge is -2.23. The van der Waals surface area contributed by atoms with Crippen LogP contribution in [-0.4, -0.2) is 39.3 Å². The van der Waals surface area contributed by atoms with Gasteiger partial charge in [0.05, 0.1) is 6.54 Å². The minimum absolute atomic E-state index is 0.610. The van der Waals surface area contributed by atoms with Crippen LogP contribution < -0.4 is 19.7 Å². The average molecular weight is 233 g/mol. The van der Waals surface area contributed by atoms with E-state index < -0.39 is 0 Å². The summed E-state index contributed by atoms with van der Waals surface area (Å²) >= 11 is 0. The number of guanidine groups is 1. The normalized spacial score (nSPS) is 17.4. The van der Waals surface area contributed by atoms with Crippen molar-refractivity contribution in [3.8, 4) is 11.5 Å². The van der Waals surface area contributed by atoms with Crippen molar-refractivity contribution < 1.29 is 9.47 Å². The van der Waals surface area contributed by atoms with Gasteiger partial charge in [-0.05, 0) is 12.1 Å². The molecule has 0 saturated carbocycles. The van der Waals surface area contributed by atoms with E-state index in [1.54, 1.807) is 0 Å². The van der Waals surface area contributed by atoms with Crippen molar-refractivity contribution in [1.29, 1.82) is 0 Å². The van der Waals surface area contributed by atoms with E-state index in [0.29, 0.717) is 13.2 Å². The molecule has 0 aromatic heterocycles. The molecule has 0 spiro atoms. The summed E-state index contributed by atoms with van der Waals surface area (Å²) < 4.78 is 11.1. The van der Waals surface area contributed by atoms with Crippen LogP contribution in [0.1, 0.15) is 0 Å². The molecule has 3 rings (SSSR count). The summed E-state index contributed by atoms with van der Waals surface area (Å²) in [6, 6.07) is 5.93. The zero-order valence-electron chi connectivity index (χ0n) is 9.77. The Morgan fingerprint density at radius 3 is 2.82 bits per heavy atom. The third-order valence-corrected chi connectivity index (χ3v) is 2.89. The lowest BCUT2D eigenvalue weighted by Crippen LogP contribution is -2.35. The van der Waals surface area contributed by atoms with Crippen molar-refractivity contribution >= 4 is 11.6 Å². The number of hydrogen-bond acceptors (Lipinski definition) is 5. The van der Waals surface area contributed by atoms with E-state index in [-0.39, 0.29) is 0 Å². The first kappa shape index (κ1) is 10.3. The zero-order valence-corrected chi connectivity index (χ0v) is 9.77. The summed E-state index contributed by atoms with van der Waals surface area (Å²) in [6.45, 7) is 2.98. The molecule has 5 heteroatoms. The molecule has 0 bridgehead atoms. The van der Waals surface area contributed by atoms with Crippen LogP contribution in [0.25, 0.3) is 0 Å². The highest BCUT2D eigenvalue weighted by Crippen LogP contribution is 2.33. The smallest absolute Gasteiger partial charge is 0.198 e. The van der Waals surface area contributed by atoms with Gasteiger partial charge in [-0.1, -0.05) is 0 Å². The first-order chi connectivity index (χ1) is 8.34. The first-order valence-corrected chi connectivity index (χ1v) is 5.76. The number of benzene rings is 1. The summed E-state index contributed by atoms with van der Waals surface area (Å²) in [7, 11) is 1.99. The van der Waals surface area contributed by atoms with Gasteiger partial charge in [0.15, 0.2) is 17.5 Å². The maximum atomic E-state index is 5.56. The van der Waals surface area contributed by atoms with Gasteiger partial charge in [0.25, 0.3) is 0 Å². The van der Waals surface area contributed by atoms with Crippen molar-refractivity contribution in [2.45, 2.75) is 0 Å². The Bertz CT molecular complexity index is 459. The van der Waals surface area contributed by atoms with Gasteiger partial charge < -0.3 is 19.7 Å². The van der Waals surface area contributed by atoms with Gasteiger partial charge >= 0.3 is 0 Å². The second kappa shape index (κ2) is 4.16. The molecular weight excluding hydrogens is 218 g/mol. The topological polar surface area (TPSA) is 46.1 Å². The number of ether oxygens (including phenoxy) is 2. The Morgan fingerprint density at radius 1 is 1.24 bits per heavy atom. The van der Waals surface area contributed by atoms with Gasteiger partial charge in [0, 0.05) is 25.3 Å². The summed E-state index contributed by atoms with van der Waals surface area (Å²) in [5.74, 6) is 2.52. The number of nitrogens with one attached hydrogen (secondary N) is 1. The summed E-state index contributed by atoms with van der Waals surface area (Å²) in [4.78, 5) is 6.40. The summed E-state index contributed by atoms with van der Waals surface area (Å²) in [5, 5.41) is 3.24. The number of rotatable bonds is 1. The highest BCUT2D eigenvalue weighted by atomic mass is 16.6. The van der Waals surface area contributed by atoms with E-state index in [9.17, 15) is 0 Å². The predicted molar refractivity (Wildman–Crippen MR) is 66.1 cm³/mol. The van der Waals surface area contributed by atoms with Crippen molar-refractivity contribution in [3.05, 3.63) is 18.2 Å². The molecule has 2 heterocycles. The molecule has 5 nitrogen and oxygen atoms in total. The highest BCUT2D eigenvalue weighted by molar-refractivity contribution is 5.96. The van der Waals surface area contributed by atoms with Crippen LogP contribution in [-0.2, 0) is 0 Å². The van der Waals surface area contributed by atoms with Gasteiger partial charge in [-0.2, -0.15) is 0 Å². The van der Waals surface area contributed by atoms with Gasteiger partial charge in [0.1, 0.15) is 13.2 Å². The molecule has 0 atom stereocenters. The van der Waals surface area contributed by atoms with Crippen LogP contribution in [0.2, 0.25) is 0 Å². The Balaban J connectivity index is 1.87. The third kappa shape index (κ3) is 1.88. The molecule has 2 aliphatic heterocycles. The Morgan fingerprint density at radius 2 is 2.06 bits per heavy atom. The minimum Gasteiger partial charge on any atom is -0.486 e. The zero-order chi connectivity index (χ0) is 11.7. The van der Waals surface area contributed by atoms with Gasteiger partial charge in [0.2, 0.25) is 0 Å². The second-order valence-corrected chi connectivity index (χ2v) is 4.02. The molecule has 1 aromatic rings. The molecule has 17 heavy (non-hydrogen) atoms. The van der Waals surface area contributed by atoms with Crippen molar-refractivity contribution in [2.75, 3.05) is 38.3 Å². The molecule has 0 saturated heterocycles. The predicted octanol–water partition coefficient (Wildman–Crippen LogP) is 0.853. The molecule has 1 N–H and O–H groups in total. The number of anilines is 1. The minimum atomic E-state index is 0.610. The molecule has 0 unspecified atom stereocenters. The molecule has 0 fully saturated rings. The molecule has 1 aromatic carbocycles. The monoisotopic (exact) mass is 233 g/mol. The van der Waals surface area contributed by atoms with E-state index in [2.05, 4.69) is 10.3 Å². The number of fused-ring (bicyclic) bond motifs is 1. The molecular formula is C12H15N3O2. The number of nitrogens with zero attached hydrogens (tertiary/aromatic N) is 2. The third-order valence-electron chi connectivity index (χ3n) is 2.89. The molecule has 90 valence electrons. The summed E-state index contributed by atoms with van der Waals surface area (Å²) in [6.07, 6.45) is 0. The quantitative estimate of drug-likeness (QED) is 0.781. The van der Waals surface area contributed by atoms with Crippen LogP contribution in [0, 0.1) is 0 Å². The molecule has 2 aliphatic rings. The van der Waals surface area contributed by atoms with E-state index >= 15 is 0 Å². The number of aliphatic imine (C=N–C) groups is 1. The van der Waals surface area contributed by atoms with E-state index in [1.807, 2.05) is 30.1 Å². The van der Waals surface area contributed by atoms with E-state index in [4.69, 9.17) is 9.47 Å². The first-order valence-electron chi connectivity index (χ1n) is 5.76. The maximum Gasteiger partial charge on any atom is 0.198 e. The largest absolute Gasteiger partial charge is 0.486 e. The van der Waals surface area contributed by atoms with Crippen molar-refractivity contribution in [1.82, 2.24) is 5.32 Å². The molecule has 0 aliphatic carbocycles. The Hall–Kier alpha value is -1.91. The maximum absolute atomic E-state index is 5.56. The van der Waals surface area contributed by atoms with Crippen LogP contribution in [0.15, 0.2) is 23.2 Å². The van der Waals surface area contributed by atoms with Crippen LogP contribution in [0.5, 0.6) is 11.5 Å². The highest BCUT2D eigenvalue weighted by Gasteiger charge is 2.16. The van der Waals surface area contributed by atoms with Gasteiger partial charge in [-0.15, -0.1) is 0 Å². The van der Waals surface area contributed by atoms with Gasteiger partial charge in [-0.3, -0.25) is 4.99 Å². The Labute approximate surface area is 100 Å². The average Bonchev–Trinajstić information content (AvgIpc) is 2.91. The second-order valence-electron chi connectivity index (χ2n) is 4.02. The standard InChI is InChI=1S/C12H15N3O2/c1-15(12-13-4-5-14-12)9-2-3-10-11(8-9)17-7-6-16-10/h2-3,8H,4-7H2,1H3,(H,13,14). The summed E-state index contributed by atoms with van der Waals surface area (Å²) in [5.41, 5.74) is 1.04. The molecule has 0 radical (unpaired) electrons. The number of hydrogen-bond donors (Lipinski definition) is 1.